The van der Waals surface area contributed by atoms with Crippen molar-refractivity contribution in [3.8, 4) is 0 Å². The van der Waals surface area contributed by atoms with Gasteiger partial charge in [0.15, 0.2) is 12.2 Å². The Morgan fingerprint density at radius 3 is 0.894 bits per heavy atom. The summed E-state index contributed by atoms with van der Waals surface area (Å²) in [5.41, 5.74) is 0. The number of carbonyl (C=O) groups is 4. The van der Waals surface area contributed by atoms with Crippen molar-refractivity contribution in [2.75, 3.05) is 39.6 Å². The number of hydrogen-bond acceptors (Lipinski definition) is 15. The fourth-order valence-corrected chi connectivity index (χ4v) is 11.4. The van der Waals surface area contributed by atoms with Crippen LogP contribution < -0.4 is 0 Å². The molecule has 0 aromatic carbocycles. The molecule has 0 heterocycles. The van der Waals surface area contributed by atoms with E-state index >= 15 is 0 Å². The maximum Gasteiger partial charge on any atom is 0.472 e. The van der Waals surface area contributed by atoms with Crippen LogP contribution in [-0.2, 0) is 65.4 Å². The van der Waals surface area contributed by atoms with Crippen LogP contribution in [-0.4, -0.2) is 96.7 Å². The molecule has 17 nitrogen and oxygen atoms in total. The van der Waals surface area contributed by atoms with E-state index in [0.717, 1.165) is 108 Å². The van der Waals surface area contributed by atoms with Gasteiger partial charge < -0.3 is 33.8 Å². The Kier molecular flexibility index (Phi) is 57.1. The standard InChI is InChI=1S/C66H128O17P2/c1-7-10-12-14-16-18-20-22-24-29-36-42-48-63(68)76-54-61(82-65(70)50-44-38-30-25-23-21-19-17-15-13-11-8-2)56-80-84(72,73)78-52-60(67)53-79-85(74,75)81-57-62(55-77-64(69)49-43-37-33-32-35-41-47-59(6)9-3)83-66(71)51-45-39-31-27-26-28-34-40-46-58(4)5/h58-62,67H,7-57H2,1-6H3,(H,72,73)(H,74,75)/t59?,60-,61-,62-/m1/s1. The van der Waals surface area contributed by atoms with Crippen LogP contribution in [0.2, 0.25) is 0 Å². The first kappa shape index (κ1) is 83.1. The van der Waals surface area contributed by atoms with Crippen LogP contribution in [0.5, 0.6) is 0 Å². The van der Waals surface area contributed by atoms with Gasteiger partial charge in [0, 0.05) is 25.7 Å². The maximum absolute atomic E-state index is 13.0. The first-order valence-electron chi connectivity index (χ1n) is 34.5. The summed E-state index contributed by atoms with van der Waals surface area (Å²) in [5, 5.41) is 10.6. The Hall–Kier alpha value is -1.94. The van der Waals surface area contributed by atoms with Crippen LogP contribution in [0.15, 0.2) is 0 Å². The molecule has 0 bridgehead atoms. The summed E-state index contributed by atoms with van der Waals surface area (Å²) in [5.74, 6) is -0.682. The minimum absolute atomic E-state index is 0.104. The van der Waals surface area contributed by atoms with Crippen molar-refractivity contribution in [3.05, 3.63) is 0 Å². The topological polar surface area (TPSA) is 237 Å². The second-order valence-electron chi connectivity index (χ2n) is 24.6. The highest BCUT2D eigenvalue weighted by molar-refractivity contribution is 7.47. The summed E-state index contributed by atoms with van der Waals surface area (Å²) >= 11 is 0. The van der Waals surface area contributed by atoms with Crippen molar-refractivity contribution in [1.82, 2.24) is 0 Å². The zero-order valence-electron chi connectivity index (χ0n) is 54.9. The first-order chi connectivity index (χ1) is 40.9. The van der Waals surface area contributed by atoms with Gasteiger partial charge in [-0.25, -0.2) is 9.13 Å². The number of unbranched alkanes of at least 4 members (excludes halogenated alkanes) is 34. The van der Waals surface area contributed by atoms with Gasteiger partial charge in [0.25, 0.3) is 0 Å². The van der Waals surface area contributed by atoms with Crippen molar-refractivity contribution >= 4 is 39.5 Å². The molecule has 504 valence electrons. The van der Waals surface area contributed by atoms with E-state index in [4.69, 9.17) is 37.0 Å². The average Bonchev–Trinajstić information content (AvgIpc) is 3.47. The number of ether oxygens (including phenoxy) is 4. The Labute approximate surface area is 517 Å². The maximum atomic E-state index is 13.0. The third-order valence-electron chi connectivity index (χ3n) is 15.6. The van der Waals surface area contributed by atoms with Gasteiger partial charge >= 0.3 is 39.5 Å². The van der Waals surface area contributed by atoms with Gasteiger partial charge in [-0.1, -0.05) is 279 Å². The number of carbonyl (C=O) groups excluding carboxylic acids is 4. The van der Waals surface area contributed by atoms with Crippen molar-refractivity contribution in [3.63, 3.8) is 0 Å². The van der Waals surface area contributed by atoms with E-state index in [2.05, 4.69) is 41.5 Å². The van der Waals surface area contributed by atoms with Crippen LogP contribution in [0.4, 0.5) is 0 Å². The molecule has 0 aromatic heterocycles. The lowest BCUT2D eigenvalue weighted by Crippen LogP contribution is -2.30. The average molecular weight is 1260 g/mol. The van der Waals surface area contributed by atoms with Crippen molar-refractivity contribution in [2.24, 2.45) is 11.8 Å². The minimum Gasteiger partial charge on any atom is -0.462 e. The fourth-order valence-electron chi connectivity index (χ4n) is 9.85. The molecule has 0 spiro atoms. The molecule has 0 fully saturated rings. The summed E-state index contributed by atoms with van der Waals surface area (Å²) in [6.07, 6.45) is 41.6. The van der Waals surface area contributed by atoms with Gasteiger partial charge in [-0.3, -0.25) is 37.3 Å². The van der Waals surface area contributed by atoms with E-state index in [-0.39, 0.29) is 25.7 Å². The summed E-state index contributed by atoms with van der Waals surface area (Å²) in [7, 11) is -9.89. The predicted molar refractivity (Wildman–Crippen MR) is 340 cm³/mol. The monoisotopic (exact) mass is 1250 g/mol. The third-order valence-corrected chi connectivity index (χ3v) is 17.5. The molecule has 0 aliphatic heterocycles. The van der Waals surface area contributed by atoms with Crippen molar-refractivity contribution < 1.29 is 80.2 Å². The van der Waals surface area contributed by atoms with Gasteiger partial charge in [0.2, 0.25) is 0 Å². The lowest BCUT2D eigenvalue weighted by atomic mass is 10.00. The molecule has 3 N–H and O–H groups in total. The smallest absolute Gasteiger partial charge is 0.462 e. The molecule has 0 aliphatic carbocycles. The van der Waals surface area contributed by atoms with E-state index in [1.54, 1.807) is 0 Å². The second-order valence-corrected chi connectivity index (χ2v) is 27.5. The van der Waals surface area contributed by atoms with Crippen LogP contribution in [0.3, 0.4) is 0 Å². The van der Waals surface area contributed by atoms with Crippen LogP contribution >= 0.6 is 15.6 Å². The molecule has 85 heavy (non-hydrogen) atoms. The Bertz CT molecular complexity index is 1670. The molecule has 0 aliphatic rings. The quantitative estimate of drug-likeness (QED) is 0.0222. The minimum atomic E-state index is -4.95. The van der Waals surface area contributed by atoms with Gasteiger partial charge in [-0.2, -0.15) is 0 Å². The molecule has 0 amide bonds. The van der Waals surface area contributed by atoms with Crippen molar-refractivity contribution in [1.29, 1.82) is 0 Å². The Balaban J connectivity index is 5.25. The number of esters is 4. The second kappa shape index (κ2) is 58.4. The van der Waals surface area contributed by atoms with Gasteiger partial charge in [0.05, 0.1) is 26.4 Å². The molecule has 0 aromatic rings. The van der Waals surface area contributed by atoms with Gasteiger partial charge in [-0.05, 0) is 37.5 Å². The molecule has 3 unspecified atom stereocenters. The molecule has 0 radical (unpaired) electrons. The fraction of sp³-hybridized carbons (Fsp3) is 0.939. The number of aliphatic hydroxyl groups excluding tert-OH is 1. The van der Waals surface area contributed by atoms with E-state index in [1.807, 2.05) is 0 Å². The summed E-state index contributed by atoms with van der Waals surface area (Å²) in [6.45, 7) is 9.43. The number of phosphoric acid groups is 2. The summed E-state index contributed by atoms with van der Waals surface area (Å²) < 4.78 is 68.1. The normalized spacial score (nSPS) is 14.6. The first-order valence-corrected chi connectivity index (χ1v) is 37.5. The highest BCUT2D eigenvalue weighted by atomic mass is 31.2. The predicted octanol–water partition coefficient (Wildman–Crippen LogP) is 18.4. The molecule has 0 saturated carbocycles. The lowest BCUT2D eigenvalue weighted by Gasteiger charge is -2.21. The zero-order chi connectivity index (χ0) is 62.9. The molecular weight excluding hydrogens is 1130 g/mol. The molecule has 0 rings (SSSR count). The molecule has 0 saturated heterocycles. The van der Waals surface area contributed by atoms with Crippen LogP contribution in [0.25, 0.3) is 0 Å². The Morgan fingerprint density at radius 1 is 0.341 bits per heavy atom. The Morgan fingerprint density at radius 2 is 0.600 bits per heavy atom. The van der Waals surface area contributed by atoms with E-state index < -0.39 is 97.5 Å². The van der Waals surface area contributed by atoms with Crippen LogP contribution in [0.1, 0.15) is 330 Å². The summed E-state index contributed by atoms with van der Waals surface area (Å²) in [6, 6.07) is 0. The third kappa shape index (κ3) is 59.5. The highest BCUT2D eigenvalue weighted by Gasteiger charge is 2.30. The number of phosphoric ester groups is 2. The highest BCUT2D eigenvalue weighted by Crippen LogP contribution is 2.45. The molecular formula is C66H128O17P2. The molecule has 19 heteroatoms. The van der Waals surface area contributed by atoms with Crippen molar-refractivity contribution in [2.45, 2.75) is 349 Å². The molecule has 6 atom stereocenters. The van der Waals surface area contributed by atoms with E-state index in [9.17, 15) is 43.2 Å². The number of hydrogen-bond donors (Lipinski definition) is 3. The zero-order valence-corrected chi connectivity index (χ0v) is 56.7. The van der Waals surface area contributed by atoms with E-state index in [0.29, 0.717) is 25.7 Å². The van der Waals surface area contributed by atoms with Crippen LogP contribution in [0, 0.1) is 11.8 Å². The lowest BCUT2D eigenvalue weighted by molar-refractivity contribution is -0.161. The van der Waals surface area contributed by atoms with Gasteiger partial charge in [0.1, 0.15) is 19.3 Å². The number of aliphatic hydroxyl groups is 1. The number of rotatable bonds is 65. The van der Waals surface area contributed by atoms with Gasteiger partial charge in [-0.15, -0.1) is 0 Å². The summed E-state index contributed by atoms with van der Waals surface area (Å²) in [4.78, 5) is 72.3. The SMILES string of the molecule is CCCCCCCCCCCCCCC(=O)OC[C@H](COP(=O)(O)OC[C@@H](O)COP(=O)(O)OC[C@@H](COC(=O)CCCCCCCCC(C)CC)OC(=O)CCCCCCCCCCC(C)C)OC(=O)CCCCCCCCCCCCCC. The van der Waals surface area contributed by atoms with E-state index in [1.165, 1.54) is 141 Å². The largest absolute Gasteiger partial charge is 0.472 e.